The summed E-state index contributed by atoms with van der Waals surface area (Å²) in [6.07, 6.45) is 1.57. The first-order valence-electron chi connectivity index (χ1n) is 10.00. The molecule has 1 saturated carbocycles. The number of rotatable bonds is 12. The average molecular weight is 446 g/mol. The Balaban J connectivity index is 2.06. The fourth-order valence-corrected chi connectivity index (χ4v) is 3.27. The Morgan fingerprint density at radius 2 is 1.83 bits per heavy atom. The van der Waals surface area contributed by atoms with Crippen LogP contribution in [0.5, 0.6) is 11.5 Å². The van der Waals surface area contributed by atoms with E-state index in [4.69, 9.17) is 37.4 Å². The van der Waals surface area contributed by atoms with Crippen molar-refractivity contribution in [2.45, 2.75) is 44.4 Å². The molecular weight excluding hydrogens is 417 g/mol. The Labute approximate surface area is 182 Å². The van der Waals surface area contributed by atoms with Gasteiger partial charge in [0.05, 0.1) is 19.6 Å². The number of hydrogen-bond donors (Lipinski definition) is 0. The number of carbonyl (C=O) groups excluding carboxylic acids is 2. The Morgan fingerprint density at radius 3 is 2.41 bits per heavy atom. The lowest BCUT2D eigenvalue weighted by atomic mass is 10.1. The molecule has 0 saturated heterocycles. The molecule has 0 spiro atoms. The van der Waals surface area contributed by atoms with Gasteiger partial charge in [-0.25, -0.2) is 0 Å². The van der Waals surface area contributed by atoms with E-state index in [0.29, 0.717) is 44.2 Å². The van der Waals surface area contributed by atoms with Crippen LogP contribution in [0.15, 0.2) is 18.2 Å². The molecule has 0 radical (unpaired) electrons. The van der Waals surface area contributed by atoms with Gasteiger partial charge in [-0.2, -0.15) is 0 Å². The first kappa shape index (κ1) is 23.6. The number of carbonyl (C=O) groups is 2. The van der Waals surface area contributed by atoms with Crippen LogP contribution < -0.4 is 9.47 Å². The van der Waals surface area contributed by atoms with Gasteiger partial charge in [0.15, 0.2) is 18.1 Å². The number of likely N-dealkylation sites (N-methyl/N-ethyl adjacent to an activating group) is 1. The van der Waals surface area contributed by atoms with Crippen LogP contribution in [0.3, 0.4) is 0 Å². The van der Waals surface area contributed by atoms with Crippen molar-refractivity contribution < 1.29 is 23.8 Å². The second kappa shape index (κ2) is 10.9. The lowest BCUT2D eigenvalue weighted by Gasteiger charge is -2.19. The average Bonchev–Trinajstić information content (AvgIpc) is 3.31. The fraction of sp³-hybridized carbons (Fsp3) is 0.619. The Kier molecular flexibility index (Phi) is 8.90. The highest BCUT2D eigenvalue weighted by Gasteiger charge is 2.52. The number of amides is 1. The van der Waals surface area contributed by atoms with Crippen molar-refractivity contribution >= 4 is 35.1 Å². The molecule has 1 aromatic rings. The summed E-state index contributed by atoms with van der Waals surface area (Å²) in [6, 6.07) is 5.20. The summed E-state index contributed by atoms with van der Waals surface area (Å²) in [5.74, 6) is 0.525. The molecule has 2 rings (SSSR count). The zero-order valence-electron chi connectivity index (χ0n) is 17.2. The highest BCUT2D eigenvalue weighted by atomic mass is 35.5. The van der Waals surface area contributed by atoms with E-state index in [1.54, 1.807) is 23.1 Å². The van der Waals surface area contributed by atoms with Gasteiger partial charge >= 0.3 is 5.97 Å². The first-order valence-corrected chi connectivity index (χ1v) is 10.8. The van der Waals surface area contributed by atoms with E-state index in [1.807, 2.05) is 20.8 Å². The molecule has 1 amide bonds. The number of esters is 1. The molecule has 1 aromatic carbocycles. The van der Waals surface area contributed by atoms with Gasteiger partial charge in [0, 0.05) is 19.0 Å². The Morgan fingerprint density at radius 1 is 1.14 bits per heavy atom. The van der Waals surface area contributed by atoms with E-state index in [2.05, 4.69) is 0 Å². The lowest BCUT2D eigenvalue weighted by molar-refractivity contribution is -0.142. The third-order valence-electron chi connectivity index (χ3n) is 4.69. The molecule has 162 valence electrons. The van der Waals surface area contributed by atoms with Crippen LogP contribution >= 0.6 is 23.2 Å². The lowest BCUT2D eigenvalue weighted by Crippen LogP contribution is -2.34. The zero-order chi connectivity index (χ0) is 21.4. The van der Waals surface area contributed by atoms with Crippen LogP contribution in [0.4, 0.5) is 0 Å². The van der Waals surface area contributed by atoms with Crippen LogP contribution in [0, 0.1) is 5.92 Å². The number of hydrogen-bond acceptors (Lipinski definition) is 5. The number of halogens is 2. The van der Waals surface area contributed by atoms with Crippen molar-refractivity contribution in [2.24, 2.45) is 5.92 Å². The summed E-state index contributed by atoms with van der Waals surface area (Å²) in [7, 11) is 0. The first-order chi connectivity index (χ1) is 13.8. The summed E-state index contributed by atoms with van der Waals surface area (Å²) in [6.45, 7) is 7.66. The predicted octanol–water partition coefficient (Wildman–Crippen LogP) is 4.00. The van der Waals surface area contributed by atoms with Gasteiger partial charge in [-0.1, -0.05) is 13.0 Å². The maximum absolute atomic E-state index is 12.2. The Bertz CT molecular complexity index is 706. The van der Waals surface area contributed by atoms with Crippen LogP contribution in [-0.4, -0.2) is 54.0 Å². The van der Waals surface area contributed by atoms with Gasteiger partial charge in [0.25, 0.3) is 5.91 Å². The van der Waals surface area contributed by atoms with Gasteiger partial charge in [0.1, 0.15) is 4.33 Å². The maximum Gasteiger partial charge on any atom is 0.310 e. The summed E-state index contributed by atoms with van der Waals surface area (Å²) in [5.41, 5.74) is 0.738. The molecule has 0 bridgehead atoms. The topological polar surface area (TPSA) is 65.1 Å². The highest BCUT2D eigenvalue weighted by Crippen LogP contribution is 2.53. The van der Waals surface area contributed by atoms with E-state index in [1.165, 1.54) is 0 Å². The van der Waals surface area contributed by atoms with Crippen LogP contribution in [0.2, 0.25) is 0 Å². The second-order valence-electron chi connectivity index (χ2n) is 7.01. The summed E-state index contributed by atoms with van der Waals surface area (Å²) >= 11 is 12.1. The number of ether oxygens (including phenoxy) is 3. The van der Waals surface area contributed by atoms with Crippen LogP contribution in [0.25, 0.3) is 0 Å². The molecule has 1 unspecified atom stereocenters. The number of alkyl halides is 2. The molecule has 1 aliphatic carbocycles. The minimum atomic E-state index is -0.749. The van der Waals surface area contributed by atoms with Crippen molar-refractivity contribution in [3.63, 3.8) is 0 Å². The maximum atomic E-state index is 12.2. The molecule has 1 atom stereocenters. The molecular formula is C21H29Cl2NO5. The monoisotopic (exact) mass is 445 g/mol. The van der Waals surface area contributed by atoms with E-state index in [9.17, 15) is 9.59 Å². The van der Waals surface area contributed by atoms with Crippen molar-refractivity contribution in [2.75, 3.05) is 32.9 Å². The second-order valence-corrected chi connectivity index (χ2v) is 8.55. The van der Waals surface area contributed by atoms with E-state index < -0.39 is 4.33 Å². The fourth-order valence-electron chi connectivity index (χ4n) is 2.78. The van der Waals surface area contributed by atoms with Crippen molar-refractivity contribution in [3.8, 4) is 11.5 Å². The zero-order valence-corrected chi connectivity index (χ0v) is 18.7. The molecule has 1 aliphatic rings. The quantitative estimate of drug-likeness (QED) is 0.359. The summed E-state index contributed by atoms with van der Waals surface area (Å²) in [5, 5.41) is 0. The van der Waals surface area contributed by atoms with Gasteiger partial charge in [-0.15, -0.1) is 23.2 Å². The van der Waals surface area contributed by atoms with Crippen molar-refractivity contribution in [3.05, 3.63) is 23.8 Å². The highest BCUT2D eigenvalue weighted by molar-refractivity contribution is 6.50. The SMILES string of the molecule is CCCOC(=O)Cc1ccc(OCC(=O)N(CC)CC)c(OCC2CC2(Cl)Cl)c1. The predicted molar refractivity (Wildman–Crippen MR) is 113 cm³/mol. The largest absolute Gasteiger partial charge is 0.489 e. The van der Waals surface area contributed by atoms with E-state index in [0.717, 1.165) is 12.0 Å². The van der Waals surface area contributed by atoms with Gasteiger partial charge in [-0.05, 0) is 44.4 Å². The van der Waals surface area contributed by atoms with Crippen LogP contribution in [-0.2, 0) is 20.7 Å². The standard InChI is InChI=1S/C21H29Cl2NO5/c1-4-9-27-20(26)11-15-7-8-17(29-14-19(25)24(5-2)6-3)18(10-15)28-13-16-12-21(16,22)23/h7-8,10,16H,4-6,9,11-14H2,1-3H3. The van der Waals surface area contributed by atoms with Crippen molar-refractivity contribution in [1.29, 1.82) is 0 Å². The van der Waals surface area contributed by atoms with Gasteiger partial charge < -0.3 is 19.1 Å². The van der Waals surface area contributed by atoms with Crippen molar-refractivity contribution in [1.82, 2.24) is 4.90 Å². The van der Waals surface area contributed by atoms with E-state index >= 15 is 0 Å². The van der Waals surface area contributed by atoms with E-state index in [-0.39, 0.29) is 30.8 Å². The summed E-state index contributed by atoms with van der Waals surface area (Å²) < 4.78 is 16.0. The number of nitrogens with zero attached hydrogens (tertiary/aromatic N) is 1. The van der Waals surface area contributed by atoms with Gasteiger partial charge in [-0.3, -0.25) is 9.59 Å². The smallest absolute Gasteiger partial charge is 0.310 e. The molecule has 0 aromatic heterocycles. The molecule has 8 heteroatoms. The molecule has 0 N–H and O–H groups in total. The van der Waals surface area contributed by atoms with Crippen LogP contribution in [0.1, 0.15) is 39.2 Å². The molecule has 0 aliphatic heterocycles. The molecule has 1 fully saturated rings. The molecule has 6 nitrogen and oxygen atoms in total. The van der Waals surface area contributed by atoms with Gasteiger partial charge in [0.2, 0.25) is 0 Å². The Hall–Kier alpha value is -1.66. The third kappa shape index (κ3) is 7.27. The third-order valence-corrected chi connectivity index (χ3v) is 5.61. The number of benzene rings is 1. The summed E-state index contributed by atoms with van der Waals surface area (Å²) in [4.78, 5) is 25.8. The molecule has 29 heavy (non-hydrogen) atoms. The normalized spacial score (nSPS) is 16.8. The minimum absolute atomic E-state index is 0.0363. The molecule has 0 heterocycles. The minimum Gasteiger partial charge on any atom is -0.489 e.